The molecule has 4 nitrogen and oxygen atoms in total. The predicted molar refractivity (Wildman–Crippen MR) is 76.8 cm³/mol. The number of hydrogen-bond donors (Lipinski definition) is 1. The lowest BCUT2D eigenvalue weighted by Crippen LogP contribution is -2.24. The summed E-state index contributed by atoms with van der Waals surface area (Å²) in [5.41, 5.74) is 0.934. The van der Waals surface area contributed by atoms with Gasteiger partial charge in [0, 0.05) is 10.7 Å². The second kappa shape index (κ2) is 5.92. The Hall–Kier alpha value is -1.07. The average molecular weight is 301 g/mol. The molecular weight excluding hydrogens is 284 g/mol. The maximum Gasteiger partial charge on any atom is 0.276 e. The van der Waals surface area contributed by atoms with Crippen LogP contribution in [0.2, 0.25) is 5.02 Å². The Bertz CT molecular complexity index is 567. The monoisotopic (exact) mass is 300 g/mol. The van der Waals surface area contributed by atoms with Gasteiger partial charge < -0.3 is 0 Å². The van der Waals surface area contributed by atoms with E-state index in [4.69, 9.17) is 11.6 Å². The summed E-state index contributed by atoms with van der Waals surface area (Å²) in [5, 5.41) is 4.59. The third-order valence-electron chi connectivity index (χ3n) is 3.32. The van der Waals surface area contributed by atoms with Gasteiger partial charge in [0.25, 0.3) is 10.0 Å². The Balaban J connectivity index is 2.13. The molecule has 0 aromatic heterocycles. The number of sulfonamides is 1. The molecular formula is C13H17ClN2O2S. The number of halogens is 1. The molecule has 0 radical (unpaired) electrons. The fourth-order valence-electron chi connectivity index (χ4n) is 2.12. The Morgan fingerprint density at radius 2 is 1.95 bits per heavy atom. The van der Waals surface area contributed by atoms with Gasteiger partial charge in [-0.3, -0.25) is 0 Å². The van der Waals surface area contributed by atoms with Crippen LogP contribution in [-0.4, -0.2) is 14.1 Å². The van der Waals surface area contributed by atoms with E-state index >= 15 is 0 Å². The highest BCUT2D eigenvalue weighted by molar-refractivity contribution is 7.89. The van der Waals surface area contributed by atoms with E-state index in [9.17, 15) is 8.42 Å². The van der Waals surface area contributed by atoms with Crippen LogP contribution in [0.15, 0.2) is 34.3 Å². The molecule has 1 saturated carbocycles. The Morgan fingerprint density at radius 1 is 1.26 bits per heavy atom. The summed E-state index contributed by atoms with van der Waals surface area (Å²) < 4.78 is 24.1. The van der Waals surface area contributed by atoms with E-state index in [0.29, 0.717) is 10.9 Å². The van der Waals surface area contributed by atoms with Crippen LogP contribution >= 0.6 is 11.6 Å². The molecule has 104 valence electrons. The van der Waals surface area contributed by atoms with Crippen LogP contribution in [-0.2, 0) is 10.0 Å². The summed E-state index contributed by atoms with van der Waals surface area (Å²) in [6.07, 6.45) is 4.20. The second-order valence-electron chi connectivity index (χ2n) is 4.80. The zero-order valence-electron chi connectivity index (χ0n) is 10.8. The van der Waals surface area contributed by atoms with E-state index in [-0.39, 0.29) is 4.90 Å². The van der Waals surface area contributed by atoms with Gasteiger partial charge in [-0.15, -0.1) is 0 Å². The molecule has 0 aliphatic heterocycles. The van der Waals surface area contributed by atoms with Crippen molar-refractivity contribution in [3.8, 4) is 0 Å². The van der Waals surface area contributed by atoms with E-state index in [1.165, 1.54) is 18.6 Å². The summed E-state index contributed by atoms with van der Waals surface area (Å²) in [4.78, 5) is 2.48. The van der Waals surface area contributed by atoms with Gasteiger partial charge in [0.05, 0.1) is 4.90 Å². The summed E-state index contributed by atoms with van der Waals surface area (Å²) in [6.45, 7) is 2.08. The molecule has 1 aromatic rings. The highest BCUT2D eigenvalue weighted by Gasteiger charge is 2.18. The molecule has 1 atom stereocenters. The second-order valence-corrected chi connectivity index (χ2v) is 6.90. The van der Waals surface area contributed by atoms with E-state index in [2.05, 4.69) is 16.9 Å². The Morgan fingerprint density at radius 3 is 2.58 bits per heavy atom. The standard InChI is InChI=1S/C13H17ClN2O2S/c1-10-4-2-3-5-13(10)15-16-19(17,18)12-8-6-11(14)7-9-12/h6-10,16H,2-5H2,1H3. The van der Waals surface area contributed by atoms with Gasteiger partial charge in [0.1, 0.15) is 0 Å². The first-order valence-corrected chi connectivity index (χ1v) is 8.19. The van der Waals surface area contributed by atoms with Crippen LogP contribution in [0.4, 0.5) is 0 Å². The predicted octanol–water partition coefficient (Wildman–Crippen LogP) is 3.18. The van der Waals surface area contributed by atoms with Crippen LogP contribution in [0.25, 0.3) is 0 Å². The summed E-state index contributed by atoms with van der Waals surface area (Å²) in [5.74, 6) is 0.349. The zero-order valence-corrected chi connectivity index (χ0v) is 12.3. The largest absolute Gasteiger partial charge is 0.276 e. The SMILES string of the molecule is CC1CCCCC1=NNS(=O)(=O)c1ccc(Cl)cc1. The van der Waals surface area contributed by atoms with Gasteiger partial charge in [-0.05, 0) is 49.4 Å². The van der Waals surface area contributed by atoms with Crippen molar-refractivity contribution < 1.29 is 8.42 Å². The number of hydrazone groups is 1. The fourth-order valence-corrected chi connectivity index (χ4v) is 3.08. The van der Waals surface area contributed by atoms with Crippen molar-refractivity contribution in [2.75, 3.05) is 0 Å². The molecule has 0 heterocycles. The van der Waals surface area contributed by atoms with Gasteiger partial charge >= 0.3 is 0 Å². The van der Waals surface area contributed by atoms with E-state index in [1.54, 1.807) is 12.1 Å². The zero-order chi connectivity index (χ0) is 13.9. The van der Waals surface area contributed by atoms with Gasteiger partial charge in [0.15, 0.2) is 0 Å². The molecule has 1 aliphatic carbocycles. The minimum atomic E-state index is -3.60. The van der Waals surface area contributed by atoms with Crippen LogP contribution in [0.5, 0.6) is 0 Å². The lowest BCUT2D eigenvalue weighted by molar-refractivity contribution is 0.552. The van der Waals surface area contributed by atoms with Crippen LogP contribution in [0.1, 0.15) is 32.6 Å². The highest BCUT2D eigenvalue weighted by Crippen LogP contribution is 2.21. The molecule has 1 fully saturated rings. The minimum Gasteiger partial charge on any atom is -0.200 e. The first-order valence-electron chi connectivity index (χ1n) is 6.33. The molecule has 0 saturated heterocycles. The molecule has 1 aromatic carbocycles. The quantitative estimate of drug-likeness (QED) is 0.872. The van der Waals surface area contributed by atoms with Crippen LogP contribution in [0, 0.1) is 5.92 Å². The Kier molecular flexibility index (Phi) is 4.47. The van der Waals surface area contributed by atoms with E-state index < -0.39 is 10.0 Å². The van der Waals surface area contributed by atoms with Crippen LogP contribution in [0.3, 0.4) is 0 Å². The van der Waals surface area contributed by atoms with Gasteiger partial charge in [-0.2, -0.15) is 13.5 Å². The van der Waals surface area contributed by atoms with Gasteiger partial charge in [-0.25, -0.2) is 4.83 Å². The molecule has 0 bridgehead atoms. The lowest BCUT2D eigenvalue weighted by Gasteiger charge is -2.19. The maximum absolute atomic E-state index is 12.0. The average Bonchev–Trinajstić information content (AvgIpc) is 2.38. The molecule has 1 aliphatic rings. The summed E-state index contributed by atoms with van der Waals surface area (Å²) in [6, 6.07) is 6.03. The van der Waals surface area contributed by atoms with Crippen molar-refractivity contribution in [1.29, 1.82) is 0 Å². The van der Waals surface area contributed by atoms with E-state index in [1.807, 2.05) is 0 Å². The smallest absolute Gasteiger partial charge is 0.200 e. The van der Waals surface area contributed by atoms with Gasteiger partial charge in [0.2, 0.25) is 0 Å². The molecule has 0 amide bonds. The topological polar surface area (TPSA) is 58.5 Å². The third-order valence-corrected chi connectivity index (χ3v) is 4.80. The highest BCUT2D eigenvalue weighted by atomic mass is 35.5. The van der Waals surface area contributed by atoms with Crippen molar-refractivity contribution in [1.82, 2.24) is 4.83 Å². The normalized spacial score (nSPS) is 22.4. The molecule has 19 heavy (non-hydrogen) atoms. The van der Waals surface area contributed by atoms with Crippen molar-refractivity contribution in [2.24, 2.45) is 11.0 Å². The van der Waals surface area contributed by atoms with Crippen LogP contribution < -0.4 is 4.83 Å². The lowest BCUT2D eigenvalue weighted by atomic mass is 9.89. The molecule has 1 N–H and O–H groups in total. The summed E-state index contributed by atoms with van der Waals surface area (Å²) >= 11 is 5.74. The van der Waals surface area contributed by atoms with Crippen molar-refractivity contribution in [2.45, 2.75) is 37.5 Å². The minimum absolute atomic E-state index is 0.171. The van der Waals surface area contributed by atoms with E-state index in [0.717, 1.165) is 25.0 Å². The third kappa shape index (κ3) is 3.70. The first-order chi connectivity index (χ1) is 8.99. The summed E-state index contributed by atoms with van der Waals surface area (Å²) in [7, 11) is -3.60. The molecule has 6 heteroatoms. The number of benzene rings is 1. The number of nitrogens with zero attached hydrogens (tertiary/aromatic N) is 1. The fraction of sp³-hybridized carbons (Fsp3) is 0.462. The molecule has 2 rings (SSSR count). The number of hydrogen-bond acceptors (Lipinski definition) is 3. The molecule has 1 unspecified atom stereocenters. The van der Waals surface area contributed by atoms with Gasteiger partial charge in [-0.1, -0.05) is 24.9 Å². The molecule has 0 spiro atoms. The van der Waals surface area contributed by atoms with Crippen molar-refractivity contribution in [3.05, 3.63) is 29.3 Å². The van der Waals surface area contributed by atoms with Crippen molar-refractivity contribution in [3.63, 3.8) is 0 Å². The number of nitrogens with one attached hydrogen (secondary N) is 1. The number of rotatable bonds is 3. The first kappa shape index (κ1) is 14.3. The Labute approximate surface area is 118 Å². The van der Waals surface area contributed by atoms with Crippen molar-refractivity contribution >= 4 is 27.3 Å². The maximum atomic E-state index is 12.0.